The van der Waals surface area contributed by atoms with Gasteiger partial charge in [0.05, 0.1) is 18.8 Å². The van der Waals surface area contributed by atoms with Crippen LogP contribution in [0.5, 0.6) is 0 Å². The Morgan fingerprint density at radius 3 is 2.56 bits per heavy atom. The molecule has 1 aromatic rings. The van der Waals surface area contributed by atoms with E-state index in [1.807, 2.05) is 0 Å². The number of carbonyl (C=O) groups is 2. The molecule has 1 amide bonds. The summed E-state index contributed by atoms with van der Waals surface area (Å²) in [5, 5.41) is 22.7. The number of ether oxygens (including phenoxy) is 2. The van der Waals surface area contributed by atoms with Gasteiger partial charge in [-0.05, 0) is 33.3 Å². The zero-order valence-corrected chi connectivity index (χ0v) is 15.3. The highest BCUT2D eigenvalue weighted by Crippen LogP contribution is 2.26. The second-order valence-electron chi connectivity index (χ2n) is 6.33. The molecule has 1 aromatic heterocycles. The van der Waals surface area contributed by atoms with Crippen molar-refractivity contribution in [2.24, 2.45) is 0 Å². The minimum Gasteiger partial charge on any atom is -0.465 e. The second-order valence-corrected chi connectivity index (χ2v) is 6.68. The lowest BCUT2D eigenvalue weighted by atomic mass is 10.0. The van der Waals surface area contributed by atoms with Crippen molar-refractivity contribution in [3.8, 4) is 0 Å². The summed E-state index contributed by atoms with van der Waals surface area (Å²) in [7, 11) is 1.21. The lowest BCUT2D eigenvalue weighted by Gasteiger charge is -2.21. The van der Waals surface area contributed by atoms with Gasteiger partial charge in [0.25, 0.3) is 0 Å². The number of aliphatic hydroxyl groups excluding tert-OH is 2. The lowest BCUT2D eigenvalue weighted by molar-refractivity contribution is 0.0120. The summed E-state index contributed by atoms with van der Waals surface area (Å²) in [5.74, 6) is -0.640. The molecule has 1 heterocycles. The first kappa shape index (κ1) is 21.1. The van der Waals surface area contributed by atoms with Crippen LogP contribution in [0.25, 0.3) is 0 Å². The van der Waals surface area contributed by atoms with E-state index in [1.54, 1.807) is 20.8 Å². The van der Waals surface area contributed by atoms with E-state index in [-0.39, 0.29) is 29.2 Å². The van der Waals surface area contributed by atoms with Crippen molar-refractivity contribution in [2.75, 3.05) is 13.7 Å². The van der Waals surface area contributed by atoms with Gasteiger partial charge in [0, 0.05) is 18.3 Å². The Hall–Kier alpha value is -1.90. The fourth-order valence-corrected chi connectivity index (χ4v) is 2.12. The van der Waals surface area contributed by atoms with Crippen LogP contribution in [0.2, 0.25) is 5.15 Å². The van der Waals surface area contributed by atoms with Crippen LogP contribution < -0.4 is 5.32 Å². The van der Waals surface area contributed by atoms with Crippen LogP contribution >= 0.6 is 11.6 Å². The highest BCUT2D eigenvalue weighted by Gasteiger charge is 2.24. The molecule has 9 heteroatoms. The third-order valence-corrected chi connectivity index (χ3v) is 3.39. The number of halogens is 1. The van der Waals surface area contributed by atoms with E-state index in [0.717, 1.165) is 0 Å². The zero-order valence-electron chi connectivity index (χ0n) is 14.6. The molecule has 3 N–H and O–H groups in total. The highest BCUT2D eigenvalue weighted by atomic mass is 35.5. The summed E-state index contributed by atoms with van der Waals surface area (Å²) in [6.45, 7) is 5.27. The third kappa shape index (κ3) is 6.85. The Kier molecular flexibility index (Phi) is 7.60. The van der Waals surface area contributed by atoms with Crippen LogP contribution in [-0.4, -0.2) is 52.6 Å². The summed E-state index contributed by atoms with van der Waals surface area (Å²) in [4.78, 5) is 26.9. The average molecular weight is 375 g/mol. The predicted molar refractivity (Wildman–Crippen MR) is 90.4 cm³/mol. The monoisotopic (exact) mass is 374 g/mol. The zero-order chi connectivity index (χ0) is 19.2. The van der Waals surface area contributed by atoms with E-state index in [0.29, 0.717) is 0 Å². The van der Waals surface area contributed by atoms with E-state index in [4.69, 9.17) is 16.3 Å². The molecule has 0 saturated carbocycles. The van der Waals surface area contributed by atoms with Crippen molar-refractivity contribution >= 4 is 23.7 Å². The molecule has 25 heavy (non-hydrogen) atoms. The number of methoxy groups -OCH3 is 1. The minimum atomic E-state index is -1.38. The predicted octanol–water partition coefficient (Wildman–Crippen LogP) is 1.83. The number of amides is 1. The second kappa shape index (κ2) is 8.98. The maximum Gasteiger partial charge on any atom is 0.407 e. The average Bonchev–Trinajstić information content (AvgIpc) is 2.52. The molecule has 0 radical (unpaired) electrons. The van der Waals surface area contributed by atoms with Crippen molar-refractivity contribution in [3.63, 3.8) is 0 Å². The molecular weight excluding hydrogens is 352 g/mol. The number of aliphatic hydroxyl groups is 2. The van der Waals surface area contributed by atoms with E-state index >= 15 is 0 Å². The number of aromatic nitrogens is 1. The lowest BCUT2D eigenvalue weighted by Crippen LogP contribution is -2.34. The fourth-order valence-electron chi connectivity index (χ4n) is 1.90. The van der Waals surface area contributed by atoms with Crippen LogP contribution in [0.1, 0.15) is 49.2 Å². The number of alkyl carbamates (subject to hydrolysis) is 1. The summed E-state index contributed by atoms with van der Waals surface area (Å²) < 4.78 is 9.64. The van der Waals surface area contributed by atoms with Crippen LogP contribution in [0.3, 0.4) is 0 Å². The van der Waals surface area contributed by atoms with Gasteiger partial charge in [-0.15, -0.1) is 0 Å². The number of nitrogens with zero attached hydrogens (tertiary/aromatic N) is 1. The van der Waals surface area contributed by atoms with Gasteiger partial charge in [0.1, 0.15) is 16.9 Å². The number of hydrogen-bond acceptors (Lipinski definition) is 7. The number of hydrogen-bond donors (Lipinski definition) is 3. The molecule has 0 aliphatic rings. The Labute approximate surface area is 151 Å². The molecule has 2 atom stereocenters. The van der Waals surface area contributed by atoms with Crippen molar-refractivity contribution < 1.29 is 29.3 Å². The Bertz CT molecular complexity index is 617. The number of pyridine rings is 1. The van der Waals surface area contributed by atoms with Gasteiger partial charge in [0.2, 0.25) is 0 Å². The topological polar surface area (TPSA) is 118 Å². The number of nitrogens with one attached hydrogen (secondary N) is 1. The number of rotatable bonds is 6. The van der Waals surface area contributed by atoms with E-state index < -0.39 is 29.9 Å². The van der Waals surface area contributed by atoms with Crippen LogP contribution in [0.15, 0.2) is 12.3 Å². The molecule has 0 fully saturated rings. The molecule has 0 aliphatic heterocycles. The first-order chi connectivity index (χ1) is 11.5. The first-order valence-corrected chi connectivity index (χ1v) is 7.99. The molecule has 8 nitrogen and oxygen atoms in total. The molecule has 0 spiro atoms. The summed E-state index contributed by atoms with van der Waals surface area (Å²) in [6.07, 6.45) is -1.99. The Morgan fingerprint density at radius 1 is 1.36 bits per heavy atom. The molecule has 0 saturated heterocycles. The maximum absolute atomic E-state index is 11.5. The highest BCUT2D eigenvalue weighted by molar-refractivity contribution is 6.30. The van der Waals surface area contributed by atoms with Crippen LogP contribution in [-0.2, 0) is 9.47 Å². The standard InChI is InChI=1S/C16H23ClN2O6/c1-16(2,3)25-15(23)18-6-5-11(20)12(21)10-7-9(14(22)24-4)8-19-13(10)17/h7-8,11-12,20-21H,5-6H2,1-4H3,(H,18,23). The van der Waals surface area contributed by atoms with Crippen molar-refractivity contribution in [3.05, 3.63) is 28.5 Å². The number of carbonyl (C=O) groups excluding carboxylic acids is 2. The van der Waals surface area contributed by atoms with Gasteiger partial charge in [-0.1, -0.05) is 11.6 Å². The van der Waals surface area contributed by atoms with E-state index in [2.05, 4.69) is 15.0 Å². The largest absolute Gasteiger partial charge is 0.465 e. The van der Waals surface area contributed by atoms with Crippen molar-refractivity contribution in [2.45, 2.75) is 45.0 Å². The van der Waals surface area contributed by atoms with E-state index in [9.17, 15) is 19.8 Å². The summed E-state index contributed by atoms with van der Waals surface area (Å²) in [6, 6.07) is 1.30. The van der Waals surface area contributed by atoms with Crippen LogP contribution in [0, 0.1) is 0 Å². The van der Waals surface area contributed by atoms with Gasteiger partial charge in [0.15, 0.2) is 0 Å². The molecule has 0 aliphatic carbocycles. The van der Waals surface area contributed by atoms with Gasteiger partial charge in [-0.3, -0.25) is 0 Å². The summed E-state index contributed by atoms with van der Waals surface area (Å²) >= 11 is 5.92. The van der Waals surface area contributed by atoms with Crippen molar-refractivity contribution in [1.82, 2.24) is 10.3 Å². The maximum atomic E-state index is 11.5. The van der Waals surface area contributed by atoms with Gasteiger partial charge in [-0.2, -0.15) is 0 Å². The molecule has 1 rings (SSSR count). The number of esters is 1. The molecule has 0 aromatic carbocycles. The minimum absolute atomic E-state index is 0.0409. The van der Waals surface area contributed by atoms with Crippen molar-refractivity contribution in [1.29, 1.82) is 0 Å². The normalized spacial score (nSPS) is 13.7. The Morgan fingerprint density at radius 2 is 2.00 bits per heavy atom. The van der Waals surface area contributed by atoms with Gasteiger partial charge in [-0.25, -0.2) is 14.6 Å². The fraction of sp³-hybridized carbons (Fsp3) is 0.562. The van der Waals surface area contributed by atoms with Crippen LogP contribution in [0.4, 0.5) is 4.79 Å². The SMILES string of the molecule is COC(=O)c1cnc(Cl)c(C(O)C(O)CCNC(=O)OC(C)(C)C)c1. The quantitative estimate of drug-likeness (QED) is 0.513. The first-order valence-electron chi connectivity index (χ1n) is 7.62. The van der Waals surface area contributed by atoms with Gasteiger partial charge < -0.3 is 25.0 Å². The van der Waals surface area contributed by atoms with Gasteiger partial charge >= 0.3 is 12.1 Å². The summed E-state index contributed by atoms with van der Waals surface area (Å²) in [5.41, 5.74) is -0.440. The smallest absolute Gasteiger partial charge is 0.407 e. The Balaban J connectivity index is 2.66. The molecule has 140 valence electrons. The third-order valence-electron chi connectivity index (χ3n) is 3.08. The molecular formula is C16H23ClN2O6. The molecule has 0 bridgehead atoms. The van der Waals surface area contributed by atoms with E-state index in [1.165, 1.54) is 19.4 Å². The molecule has 2 unspecified atom stereocenters.